The fourth-order valence-electron chi connectivity index (χ4n) is 9.79. The van der Waals surface area contributed by atoms with Gasteiger partial charge in [0, 0.05) is 72.4 Å². The molecule has 2 saturated heterocycles. The molecule has 4 heterocycles. The molecule has 1 saturated carbocycles. The number of carboxylic acids is 1. The van der Waals surface area contributed by atoms with E-state index in [0.717, 1.165) is 23.6 Å². The molecule has 2 aromatic heterocycles. The first-order valence-corrected chi connectivity index (χ1v) is 31.3. The summed E-state index contributed by atoms with van der Waals surface area (Å²) in [6.45, 7) is 8.60. The summed E-state index contributed by atoms with van der Waals surface area (Å²) in [7, 11) is 2.52. The molecule has 3 aromatic rings. The van der Waals surface area contributed by atoms with Crippen molar-refractivity contribution in [1.29, 1.82) is 0 Å². The van der Waals surface area contributed by atoms with E-state index in [2.05, 4.69) is 68.1 Å². The van der Waals surface area contributed by atoms with Crippen LogP contribution in [0.2, 0.25) is 0 Å². The number of aromatic nitrogens is 3. The first-order valence-electron chi connectivity index (χ1n) is 28.8. The quantitative estimate of drug-likeness (QED) is 0.121. The summed E-state index contributed by atoms with van der Waals surface area (Å²) < 4.78 is 0. The lowest BCUT2D eigenvalue weighted by Gasteiger charge is -2.28. The van der Waals surface area contributed by atoms with Gasteiger partial charge in [-0.15, -0.1) is 0 Å². The summed E-state index contributed by atoms with van der Waals surface area (Å²) >= 11 is 0. The highest BCUT2D eigenvalue weighted by atomic mass is 33.1. The molecule has 3 fully saturated rings. The number of rotatable bonds is 11. The minimum atomic E-state index is -1.52. The Morgan fingerprint density at radius 1 is 0.631 bits per heavy atom. The first-order chi connectivity index (χ1) is 40.0. The Morgan fingerprint density at radius 2 is 1.24 bits per heavy atom. The van der Waals surface area contributed by atoms with Gasteiger partial charge in [-0.25, -0.2) is 4.98 Å². The molecule has 27 heteroatoms. The summed E-state index contributed by atoms with van der Waals surface area (Å²) in [5, 5.41) is 38.6. The van der Waals surface area contributed by atoms with Gasteiger partial charge in [-0.05, 0) is 81.1 Å². The standard InChI is InChI=1S/C57H81N13O12S2/c1-6-39-52(78)69-44(25-37-24-34-11-7-8-13-36(34)28-60-37)50(76)59-20-10-9-12-35(27-57(3,4)5)49(75)63-32(2)48(74)66-41-18-21-83-84-22-19-42(54(80)65-39)67-53(79)40(16-17-47(72)73)64-46(71)30-61-51(77)43(23-33-14-15-33)68-56(82)45(70-55(41)81)26-38-29-58-31-62-38/h7-8,11,13,24,28-29,31-33,35,39-45H,6,9-10,12,14-23,25-27,30H2,1-5H3,(H,58,62)(H,59,76)(H,61,77)(H,63,75)(H,64,71)(H,65,80)(H,66,74)(H,67,79)(H,68,82)(H,69,78)(H,70,81)(H,72,73)/t32-,35-,39-,40-,41+,42+,43-,44-,45-/m0/s1. The number of carbonyl (C=O) groups is 11. The number of carbonyl (C=O) groups excluding carboxylic acids is 10. The molecule has 1 aliphatic carbocycles. The molecule has 0 spiro atoms. The monoisotopic (exact) mass is 1200 g/mol. The number of nitrogens with zero attached hydrogens (tertiary/aromatic N) is 2. The minimum absolute atomic E-state index is 0.00101. The molecule has 3 aliphatic rings. The van der Waals surface area contributed by atoms with Crippen LogP contribution in [-0.2, 0) is 65.6 Å². The number of aliphatic carboxylic acids is 1. The molecular formula is C57H81N13O12S2. The molecule has 1 aromatic carbocycles. The predicted octanol–water partition coefficient (Wildman–Crippen LogP) is 1.36. The summed E-state index contributed by atoms with van der Waals surface area (Å²) in [5.41, 5.74) is 0.662. The molecule has 6 rings (SSSR count). The number of amides is 10. The maximum Gasteiger partial charge on any atom is 0.303 e. The number of carboxylic acid groups (broad SMARTS) is 1. The van der Waals surface area contributed by atoms with Crippen LogP contribution in [0, 0.1) is 17.3 Å². The lowest BCUT2D eigenvalue weighted by atomic mass is 9.82. The van der Waals surface area contributed by atoms with Gasteiger partial charge in [0.2, 0.25) is 59.1 Å². The molecular weight excluding hydrogens is 1120 g/mol. The van der Waals surface area contributed by atoms with Crippen molar-refractivity contribution in [3.63, 3.8) is 0 Å². The summed E-state index contributed by atoms with van der Waals surface area (Å²) in [6.07, 6.45) is 6.88. The van der Waals surface area contributed by atoms with Crippen LogP contribution in [0.25, 0.3) is 10.8 Å². The van der Waals surface area contributed by atoms with Gasteiger partial charge in [0.25, 0.3) is 0 Å². The lowest BCUT2D eigenvalue weighted by Crippen LogP contribution is -2.59. The SMILES string of the molecule is CC[C@@H]1NC(=O)[C@H]2CCSSCC[C@@H](NC(=O)[C@H](C)NC(=O)[C@H](CC(C)(C)C)CCCCNC(=O)[C@H](Cc3cc4ccccc4cn3)NC1=O)C(=O)N[C@@H](Cc1cnc[nH]1)C(=O)N[C@@H](CC1CC1)C(=O)NCC(=O)N[C@@H](CCC(=O)O)C(=O)N2. The van der Waals surface area contributed by atoms with Gasteiger partial charge in [-0.1, -0.05) is 92.8 Å². The third-order valence-corrected chi connectivity index (χ3v) is 17.1. The third-order valence-electron chi connectivity index (χ3n) is 14.6. The Hall–Kier alpha value is -7.29. The number of imidazole rings is 1. The molecule has 9 atom stereocenters. The van der Waals surface area contributed by atoms with Crippen LogP contribution in [0.5, 0.6) is 0 Å². The van der Waals surface area contributed by atoms with Crippen LogP contribution in [0.15, 0.2) is 49.1 Å². The largest absolute Gasteiger partial charge is 0.481 e. The van der Waals surface area contributed by atoms with Crippen LogP contribution in [0.4, 0.5) is 0 Å². The molecule has 10 amide bonds. The topological polar surface area (TPSA) is 370 Å². The van der Waals surface area contributed by atoms with Crippen molar-refractivity contribution in [3.8, 4) is 0 Å². The Balaban J connectivity index is 1.35. The zero-order chi connectivity index (χ0) is 60.9. The maximum absolute atomic E-state index is 14.5. The Morgan fingerprint density at radius 3 is 1.88 bits per heavy atom. The number of nitrogens with one attached hydrogen (secondary N) is 11. The van der Waals surface area contributed by atoms with Crippen molar-refractivity contribution in [1.82, 2.24) is 68.1 Å². The highest BCUT2D eigenvalue weighted by molar-refractivity contribution is 8.76. The van der Waals surface area contributed by atoms with Crippen LogP contribution >= 0.6 is 21.6 Å². The molecule has 0 unspecified atom stereocenters. The highest BCUT2D eigenvalue weighted by Gasteiger charge is 2.37. The summed E-state index contributed by atoms with van der Waals surface area (Å²) in [4.78, 5) is 165. The average Bonchev–Trinajstić information content (AvgIpc) is 4.20. The van der Waals surface area contributed by atoms with E-state index in [1.165, 1.54) is 41.0 Å². The Kier molecular flexibility index (Phi) is 25.2. The highest BCUT2D eigenvalue weighted by Crippen LogP contribution is 2.34. The number of fused-ring (bicyclic) bond motifs is 8. The molecule has 12 N–H and O–H groups in total. The number of aromatic amines is 1. The Labute approximate surface area is 496 Å². The van der Waals surface area contributed by atoms with Gasteiger partial charge >= 0.3 is 5.97 Å². The zero-order valence-electron chi connectivity index (χ0n) is 48.3. The van der Waals surface area contributed by atoms with Gasteiger partial charge in [0.15, 0.2) is 0 Å². The van der Waals surface area contributed by atoms with Crippen LogP contribution in [0.3, 0.4) is 0 Å². The van der Waals surface area contributed by atoms with E-state index >= 15 is 0 Å². The van der Waals surface area contributed by atoms with Gasteiger partial charge in [0.1, 0.15) is 48.3 Å². The minimum Gasteiger partial charge on any atom is -0.481 e. The maximum atomic E-state index is 14.5. The molecule has 0 radical (unpaired) electrons. The fourth-order valence-corrected chi connectivity index (χ4v) is 12.0. The number of hydrogen-bond donors (Lipinski definition) is 12. The summed E-state index contributed by atoms with van der Waals surface area (Å²) in [6, 6.07) is -0.890. The normalized spacial score (nSPS) is 26.3. The van der Waals surface area contributed by atoms with Crippen molar-refractivity contribution in [3.05, 3.63) is 60.4 Å². The molecule has 2 aliphatic heterocycles. The third kappa shape index (κ3) is 21.7. The first kappa shape index (κ1) is 65.9. The van der Waals surface area contributed by atoms with E-state index in [1.54, 1.807) is 13.1 Å². The number of H-pyrrole nitrogens is 1. The van der Waals surface area contributed by atoms with Crippen molar-refractivity contribution >= 4 is 97.4 Å². The van der Waals surface area contributed by atoms with E-state index in [-0.39, 0.29) is 73.8 Å². The second-order valence-electron chi connectivity index (χ2n) is 22.9. The van der Waals surface area contributed by atoms with Gasteiger partial charge in [-0.3, -0.25) is 57.7 Å². The molecule has 2 bridgehead atoms. The van der Waals surface area contributed by atoms with Crippen molar-refractivity contribution in [2.24, 2.45) is 17.3 Å². The van der Waals surface area contributed by atoms with Crippen LogP contribution in [0.1, 0.15) is 123 Å². The van der Waals surface area contributed by atoms with Crippen molar-refractivity contribution in [2.75, 3.05) is 24.6 Å². The predicted molar refractivity (Wildman–Crippen MR) is 315 cm³/mol. The lowest BCUT2D eigenvalue weighted by molar-refractivity contribution is -0.138. The average molecular weight is 1200 g/mol. The Bertz CT molecular complexity index is 2810. The van der Waals surface area contributed by atoms with Gasteiger partial charge in [-0.2, -0.15) is 0 Å². The van der Waals surface area contributed by atoms with Crippen LogP contribution < -0.4 is 53.2 Å². The van der Waals surface area contributed by atoms with E-state index in [0.29, 0.717) is 37.1 Å². The van der Waals surface area contributed by atoms with Crippen LogP contribution in [-0.4, -0.2) is 158 Å². The number of benzene rings is 1. The van der Waals surface area contributed by atoms with Gasteiger partial charge in [0.05, 0.1) is 12.9 Å². The molecule has 458 valence electrons. The molecule has 25 nitrogen and oxygen atoms in total. The van der Waals surface area contributed by atoms with E-state index in [1.807, 2.05) is 51.1 Å². The fraction of sp³-hybridized carbons (Fsp3) is 0.596. The van der Waals surface area contributed by atoms with Gasteiger partial charge < -0.3 is 63.3 Å². The summed E-state index contributed by atoms with van der Waals surface area (Å²) in [5.74, 6) is -8.61. The smallest absolute Gasteiger partial charge is 0.303 e. The molecule has 84 heavy (non-hydrogen) atoms. The van der Waals surface area contributed by atoms with Crippen molar-refractivity contribution < 1.29 is 57.8 Å². The second-order valence-corrected chi connectivity index (χ2v) is 25.6. The zero-order valence-corrected chi connectivity index (χ0v) is 49.9. The number of hydrogen-bond acceptors (Lipinski definition) is 15. The second kappa shape index (κ2) is 32.1. The van der Waals surface area contributed by atoms with E-state index < -0.39 is 133 Å². The van der Waals surface area contributed by atoms with Crippen molar-refractivity contribution in [2.45, 2.75) is 173 Å². The van der Waals surface area contributed by atoms with E-state index in [4.69, 9.17) is 0 Å². The number of pyridine rings is 1. The van der Waals surface area contributed by atoms with E-state index in [9.17, 15) is 57.8 Å².